The third-order valence-electron chi connectivity index (χ3n) is 3.97. The zero-order valence-electron chi connectivity index (χ0n) is 14.7. The Bertz CT molecular complexity index is 745. The Hall–Kier alpha value is -2.54. The molecule has 1 amide bonds. The Balaban J connectivity index is 2.05. The summed E-state index contributed by atoms with van der Waals surface area (Å²) in [6.07, 6.45) is 4.35. The summed E-state index contributed by atoms with van der Waals surface area (Å²) >= 11 is 0. The van der Waals surface area contributed by atoms with E-state index < -0.39 is 6.09 Å². The molecule has 2 heterocycles. The van der Waals surface area contributed by atoms with Gasteiger partial charge < -0.3 is 14.4 Å². The highest BCUT2D eigenvalue weighted by Crippen LogP contribution is 2.36. The van der Waals surface area contributed by atoms with Crippen molar-refractivity contribution in [2.45, 2.75) is 25.9 Å². The topological polar surface area (TPSA) is 77.4 Å². The maximum Gasteiger partial charge on any atom is 0.416 e. The monoisotopic (exact) mass is 342 g/mol. The maximum absolute atomic E-state index is 12.1. The van der Waals surface area contributed by atoms with Crippen LogP contribution in [-0.2, 0) is 17.8 Å². The van der Waals surface area contributed by atoms with Crippen LogP contribution in [0.4, 0.5) is 4.79 Å². The minimum atomic E-state index is -0.467. The molecule has 0 aromatic carbocycles. The molecule has 1 aliphatic carbocycles. The zero-order chi connectivity index (χ0) is 17.8. The number of carbonyl (C=O) groups is 1. The lowest BCUT2D eigenvalue weighted by atomic mass is 10.1. The van der Waals surface area contributed by atoms with E-state index in [0.29, 0.717) is 29.9 Å². The number of pyridine rings is 1. The van der Waals surface area contributed by atoms with Gasteiger partial charge in [-0.1, -0.05) is 6.07 Å². The Kier molecular flexibility index (Phi) is 5.23. The minimum absolute atomic E-state index is 0.299. The molecule has 0 bridgehead atoms. The Morgan fingerprint density at radius 3 is 2.68 bits per heavy atom. The molecule has 25 heavy (non-hydrogen) atoms. The van der Waals surface area contributed by atoms with Crippen LogP contribution < -0.4 is 4.74 Å². The number of hydrogen-bond donors (Lipinski definition) is 0. The van der Waals surface area contributed by atoms with E-state index in [0.717, 1.165) is 17.7 Å². The number of aromatic nitrogens is 3. The normalized spacial score (nSPS) is 13.6. The van der Waals surface area contributed by atoms with Crippen LogP contribution in [-0.4, -0.2) is 47.2 Å². The molecule has 0 N–H and O–H groups in total. The number of hydrogen-bond acceptors (Lipinski definition) is 6. The number of ether oxygens (including phenoxy) is 2. The van der Waals surface area contributed by atoms with Crippen LogP contribution >= 0.6 is 0 Å². The lowest BCUT2D eigenvalue weighted by molar-refractivity contribution is 0.167. The summed E-state index contributed by atoms with van der Waals surface area (Å²) in [5.41, 5.74) is 2.21. The van der Waals surface area contributed by atoms with E-state index in [9.17, 15) is 4.79 Å². The Morgan fingerprint density at radius 1 is 1.28 bits per heavy atom. The summed E-state index contributed by atoms with van der Waals surface area (Å²) in [6.45, 7) is 0.330. The van der Waals surface area contributed by atoms with Crippen molar-refractivity contribution in [3.63, 3.8) is 0 Å². The van der Waals surface area contributed by atoms with Crippen LogP contribution in [0, 0.1) is 5.92 Å². The summed E-state index contributed by atoms with van der Waals surface area (Å²) < 4.78 is 10.8. The van der Waals surface area contributed by atoms with Crippen LogP contribution in [0.25, 0.3) is 11.5 Å². The molecule has 0 aliphatic heterocycles. The quantitative estimate of drug-likeness (QED) is 0.803. The van der Waals surface area contributed by atoms with Gasteiger partial charge in [0.15, 0.2) is 5.82 Å². The summed E-state index contributed by atoms with van der Waals surface area (Å²) in [7, 11) is 4.90. The molecule has 0 spiro atoms. The van der Waals surface area contributed by atoms with Crippen molar-refractivity contribution in [2.75, 3.05) is 21.2 Å². The van der Waals surface area contributed by atoms with Gasteiger partial charge in [0.25, 0.3) is 0 Å². The van der Waals surface area contributed by atoms with Crippen molar-refractivity contribution >= 4 is 6.09 Å². The molecule has 7 heteroatoms. The summed E-state index contributed by atoms with van der Waals surface area (Å²) in [6, 6.07) is 5.52. The highest BCUT2D eigenvalue weighted by atomic mass is 16.6. The van der Waals surface area contributed by atoms with Crippen molar-refractivity contribution in [3.05, 3.63) is 35.7 Å². The zero-order valence-corrected chi connectivity index (χ0v) is 14.7. The molecule has 0 atom stereocenters. The van der Waals surface area contributed by atoms with E-state index in [1.165, 1.54) is 17.7 Å². The van der Waals surface area contributed by atoms with Gasteiger partial charge in [0.05, 0.1) is 12.3 Å². The standard InChI is InChI=1S/C18H22N4O3/c1-22(2)18(23)25-17-13(10-12-7-8-12)15(11-24-3)20-16(21-17)14-6-4-5-9-19-14/h4-6,9,12H,7-8,10-11H2,1-3H3. The van der Waals surface area contributed by atoms with Gasteiger partial charge >= 0.3 is 6.09 Å². The molecule has 7 nitrogen and oxygen atoms in total. The van der Waals surface area contributed by atoms with Gasteiger partial charge in [0.1, 0.15) is 5.69 Å². The van der Waals surface area contributed by atoms with Crippen LogP contribution in [0.2, 0.25) is 0 Å². The van der Waals surface area contributed by atoms with Crippen molar-refractivity contribution in [1.29, 1.82) is 0 Å². The predicted molar refractivity (Wildman–Crippen MR) is 92.1 cm³/mol. The van der Waals surface area contributed by atoms with Gasteiger partial charge in [-0.3, -0.25) is 4.98 Å². The average molecular weight is 342 g/mol. The Labute approximate surface area is 147 Å². The average Bonchev–Trinajstić information content (AvgIpc) is 3.42. The fraction of sp³-hybridized carbons (Fsp3) is 0.444. The van der Waals surface area contributed by atoms with Gasteiger partial charge in [0.2, 0.25) is 5.88 Å². The molecule has 132 valence electrons. The van der Waals surface area contributed by atoms with Crippen LogP contribution in [0.1, 0.15) is 24.1 Å². The molecule has 1 aliphatic rings. The van der Waals surface area contributed by atoms with Crippen LogP contribution in [0.15, 0.2) is 24.4 Å². The maximum atomic E-state index is 12.1. The summed E-state index contributed by atoms with van der Waals surface area (Å²) in [5.74, 6) is 1.32. The fourth-order valence-electron chi connectivity index (χ4n) is 2.45. The minimum Gasteiger partial charge on any atom is -0.391 e. The van der Waals surface area contributed by atoms with E-state index in [1.807, 2.05) is 18.2 Å². The largest absolute Gasteiger partial charge is 0.416 e. The first-order valence-electron chi connectivity index (χ1n) is 8.27. The third-order valence-corrected chi connectivity index (χ3v) is 3.97. The summed E-state index contributed by atoms with van der Waals surface area (Å²) in [4.78, 5) is 26.9. The fourth-order valence-corrected chi connectivity index (χ4v) is 2.45. The lowest BCUT2D eigenvalue weighted by Crippen LogP contribution is -2.26. The third kappa shape index (κ3) is 4.30. The second-order valence-corrected chi connectivity index (χ2v) is 6.34. The van der Waals surface area contributed by atoms with Gasteiger partial charge in [-0.15, -0.1) is 0 Å². The predicted octanol–water partition coefficient (Wildman–Crippen LogP) is 2.70. The summed E-state index contributed by atoms with van der Waals surface area (Å²) in [5, 5.41) is 0. The first kappa shape index (κ1) is 17.3. The molecule has 2 aromatic rings. The van der Waals surface area contributed by atoms with Crippen LogP contribution in [0.3, 0.4) is 0 Å². The second kappa shape index (κ2) is 7.57. The molecule has 3 rings (SSSR count). The first-order valence-corrected chi connectivity index (χ1v) is 8.27. The lowest BCUT2D eigenvalue weighted by Gasteiger charge is -2.16. The number of methoxy groups -OCH3 is 1. The molecular weight excluding hydrogens is 320 g/mol. The van der Waals surface area contributed by atoms with Gasteiger partial charge in [-0.05, 0) is 37.3 Å². The first-order chi connectivity index (χ1) is 12.1. The number of amides is 1. The van der Waals surface area contributed by atoms with Crippen molar-refractivity contribution in [3.8, 4) is 17.4 Å². The van der Waals surface area contributed by atoms with E-state index >= 15 is 0 Å². The highest BCUT2D eigenvalue weighted by molar-refractivity contribution is 5.70. The van der Waals surface area contributed by atoms with E-state index in [1.54, 1.807) is 27.4 Å². The molecule has 0 saturated heterocycles. The number of carbonyl (C=O) groups excluding carboxylic acids is 1. The molecular formula is C18H22N4O3. The molecule has 1 saturated carbocycles. The van der Waals surface area contributed by atoms with Crippen LogP contribution in [0.5, 0.6) is 5.88 Å². The number of rotatable bonds is 6. The smallest absolute Gasteiger partial charge is 0.391 e. The molecule has 0 radical (unpaired) electrons. The van der Waals surface area contributed by atoms with E-state index in [2.05, 4.69) is 15.0 Å². The second-order valence-electron chi connectivity index (χ2n) is 6.34. The molecule has 2 aromatic heterocycles. The molecule has 1 fully saturated rings. The highest BCUT2D eigenvalue weighted by Gasteiger charge is 2.28. The SMILES string of the molecule is COCc1nc(-c2ccccn2)nc(OC(=O)N(C)C)c1CC1CC1. The van der Waals surface area contributed by atoms with Crippen molar-refractivity contribution < 1.29 is 14.3 Å². The van der Waals surface area contributed by atoms with Gasteiger partial charge in [-0.2, -0.15) is 4.98 Å². The van der Waals surface area contributed by atoms with Crippen molar-refractivity contribution in [1.82, 2.24) is 19.9 Å². The van der Waals surface area contributed by atoms with Gasteiger partial charge in [0, 0.05) is 33.0 Å². The van der Waals surface area contributed by atoms with E-state index in [4.69, 9.17) is 9.47 Å². The van der Waals surface area contributed by atoms with E-state index in [-0.39, 0.29) is 0 Å². The van der Waals surface area contributed by atoms with Crippen molar-refractivity contribution in [2.24, 2.45) is 5.92 Å². The molecule has 0 unspecified atom stereocenters. The van der Waals surface area contributed by atoms with Gasteiger partial charge in [-0.25, -0.2) is 9.78 Å². The Morgan fingerprint density at radius 2 is 2.08 bits per heavy atom. The number of nitrogens with zero attached hydrogens (tertiary/aromatic N) is 4.